The van der Waals surface area contributed by atoms with Gasteiger partial charge >= 0.3 is 17.9 Å². The van der Waals surface area contributed by atoms with Crippen molar-refractivity contribution < 1.29 is 28.6 Å². The second-order valence-electron chi connectivity index (χ2n) is 15.9. The highest BCUT2D eigenvalue weighted by molar-refractivity contribution is 5.71. The fraction of sp³-hybridized carbons (Fsp3) is 0.391. The second kappa shape index (κ2) is 55.3. The Bertz CT molecular complexity index is 1860. The Kier molecular flexibility index (Phi) is 50.4. The zero-order valence-corrected chi connectivity index (χ0v) is 43.2. The molecule has 0 aromatic rings. The highest BCUT2D eigenvalue weighted by atomic mass is 16.6. The fourth-order valence-corrected chi connectivity index (χ4v) is 5.80. The van der Waals surface area contributed by atoms with Crippen LogP contribution < -0.4 is 0 Å². The van der Waals surface area contributed by atoms with E-state index in [2.05, 4.69) is 93.7 Å². The van der Waals surface area contributed by atoms with Crippen LogP contribution in [0.1, 0.15) is 143 Å². The molecule has 1 unspecified atom stereocenters. The fourth-order valence-electron chi connectivity index (χ4n) is 5.80. The van der Waals surface area contributed by atoms with Crippen molar-refractivity contribution in [3.63, 3.8) is 0 Å². The highest BCUT2D eigenvalue weighted by Crippen LogP contribution is 2.10. The Hall–Kier alpha value is -6.27. The lowest BCUT2D eigenvalue weighted by atomic mass is 10.1. The van der Waals surface area contributed by atoms with E-state index in [1.807, 2.05) is 146 Å². The number of hydrogen-bond donors (Lipinski definition) is 0. The summed E-state index contributed by atoms with van der Waals surface area (Å²) in [6.07, 6.45) is 87.8. The third kappa shape index (κ3) is 52.7. The van der Waals surface area contributed by atoms with E-state index in [1.165, 1.54) is 0 Å². The maximum absolute atomic E-state index is 12.8. The molecule has 0 spiro atoms. The number of hydrogen-bond acceptors (Lipinski definition) is 6. The van der Waals surface area contributed by atoms with Gasteiger partial charge in [-0.2, -0.15) is 0 Å². The van der Waals surface area contributed by atoms with Gasteiger partial charge in [-0.15, -0.1) is 0 Å². The van der Waals surface area contributed by atoms with Crippen LogP contribution in [0, 0.1) is 0 Å². The molecule has 0 saturated carbocycles. The van der Waals surface area contributed by atoms with Crippen LogP contribution in [0.4, 0.5) is 0 Å². The van der Waals surface area contributed by atoms with Gasteiger partial charge in [0, 0.05) is 19.3 Å². The van der Waals surface area contributed by atoms with E-state index in [0.29, 0.717) is 19.3 Å². The number of esters is 3. The van der Waals surface area contributed by atoms with Crippen molar-refractivity contribution in [2.24, 2.45) is 0 Å². The van der Waals surface area contributed by atoms with E-state index < -0.39 is 18.0 Å². The van der Waals surface area contributed by atoms with E-state index in [4.69, 9.17) is 14.2 Å². The third-order valence-electron chi connectivity index (χ3n) is 9.57. The molecule has 6 nitrogen and oxygen atoms in total. The van der Waals surface area contributed by atoms with Crippen LogP contribution in [0.3, 0.4) is 0 Å². The number of allylic oxidation sites excluding steroid dienone is 36. The molecule has 0 aromatic heterocycles. The molecule has 0 aromatic carbocycles. The first-order chi connectivity index (χ1) is 34.5. The molecule has 70 heavy (non-hydrogen) atoms. The molecular formula is C64H88O6. The SMILES string of the molecule is CC\C=C/C=C\C=C/C=C\C=C\C=C/C=C\CCCCCC(=O)OCC(COC(=O)CC/C=C\C/C=C\C/C=C\C/C=C\C/C=C\CC)OC(=O)CCCCC\C=C/C=C/C=C\C=C/C=C\C=C/CC. The molecule has 0 bridgehead atoms. The van der Waals surface area contributed by atoms with Gasteiger partial charge in [-0.05, 0) is 89.9 Å². The van der Waals surface area contributed by atoms with Gasteiger partial charge in [0.25, 0.3) is 0 Å². The maximum atomic E-state index is 12.8. The first-order valence-corrected chi connectivity index (χ1v) is 25.9. The summed E-state index contributed by atoms with van der Waals surface area (Å²) in [5.74, 6) is -1.15. The smallest absolute Gasteiger partial charge is 0.306 e. The van der Waals surface area contributed by atoms with Crippen molar-refractivity contribution in [3.05, 3.63) is 219 Å². The number of rotatable bonds is 42. The zero-order chi connectivity index (χ0) is 50.7. The van der Waals surface area contributed by atoms with Gasteiger partial charge in [0.05, 0.1) is 0 Å². The third-order valence-corrected chi connectivity index (χ3v) is 9.57. The van der Waals surface area contributed by atoms with Crippen LogP contribution in [0.5, 0.6) is 0 Å². The summed E-state index contributed by atoms with van der Waals surface area (Å²) < 4.78 is 16.7. The van der Waals surface area contributed by atoms with Crippen molar-refractivity contribution in [2.45, 2.75) is 149 Å². The molecular weight excluding hydrogens is 865 g/mol. The van der Waals surface area contributed by atoms with Gasteiger partial charge < -0.3 is 14.2 Å². The minimum atomic E-state index is -0.867. The van der Waals surface area contributed by atoms with Crippen molar-refractivity contribution in [1.29, 1.82) is 0 Å². The predicted molar refractivity (Wildman–Crippen MR) is 301 cm³/mol. The van der Waals surface area contributed by atoms with E-state index in [1.54, 1.807) is 0 Å². The molecule has 6 heteroatoms. The average molecular weight is 953 g/mol. The molecule has 0 aliphatic rings. The van der Waals surface area contributed by atoms with Crippen molar-refractivity contribution in [3.8, 4) is 0 Å². The van der Waals surface area contributed by atoms with Crippen LogP contribution in [-0.2, 0) is 28.6 Å². The molecule has 0 aliphatic heterocycles. The van der Waals surface area contributed by atoms with E-state index in [0.717, 1.165) is 83.5 Å². The minimum absolute atomic E-state index is 0.158. The summed E-state index contributed by atoms with van der Waals surface area (Å²) in [5.41, 5.74) is 0. The van der Waals surface area contributed by atoms with Crippen LogP contribution in [0.15, 0.2) is 219 Å². The zero-order valence-electron chi connectivity index (χ0n) is 43.2. The number of ether oxygens (including phenoxy) is 3. The first kappa shape index (κ1) is 63.7. The summed E-state index contributed by atoms with van der Waals surface area (Å²) in [6, 6.07) is 0. The number of carbonyl (C=O) groups excluding carboxylic acids is 3. The monoisotopic (exact) mass is 953 g/mol. The standard InChI is InChI=1S/C64H88O6/c1-4-7-10-13-16-19-22-25-28-31-32-34-36-39-42-45-48-51-54-57-63(66)69-60-61(59-68-62(65)56-53-50-47-44-41-38-35-30-27-24-21-18-15-12-9-6-3)70-64(67)58-55-52-49-46-43-40-37-33-29-26-23-20-17-14-11-8-5-2/h7-14,16-23,25-34,36-43,47,50,61H,4-6,15,24,35,44-46,48-49,51-60H2,1-3H3/b10-7-,11-8-,12-9-,16-13-,17-14-,21-18-,22-19-,23-20-,28-25-,29-26-,30-27-,32-31+,36-34-,37-33+,41-38-,42-39-,43-40-,50-47-. The maximum Gasteiger partial charge on any atom is 0.306 e. The quantitative estimate of drug-likeness (QED) is 0.0199. The Balaban J connectivity index is 4.76. The number of unbranched alkanes of at least 4 members (excludes halogenated alkanes) is 6. The Morgan fingerprint density at radius 2 is 0.614 bits per heavy atom. The minimum Gasteiger partial charge on any atom is -0.462 e. The van der Waals surface area contributed by atoms with Crippen molar-refractivity contribution in [2.75, 3.05) is 13.2 Å². The second-order valence-corrected chi connectivity index (χ2v) is 15.9. The first-order valence-electron chi connectivity index (χ1n) is 25.9. The lowest BCUT2D eigenvalue weighted by Crippen LogP contribution is -2.30. The molecule has 0 N–H and O–H groups in total. The Morgan fingerprint density at radius 1 is 0.300 bits per heavy atom. The van der Waals surface area contributed by atoms with Gasteiger partial charge in [0.2, 0.25) is 0 Å². The summed E-state index contributed by atoms with van der Waals surface area (Å²) in [4.78, 5) is 38.0. The lowest BCUT2D eigenvalue weighted by Gasteiger charge is -2.18. The van der Waals surface area contributed by atoms with Crippen molar-refractivity contribution in [1.82, 2.24) is 0 Å². The average Bonchev–Trinajstić information content (AvgIpc) is 3.36. The summed E-state index contributed by atoms with van der Waals surface area (Å²) in [7, 11) is 0. The van der Waals surface area contributed by atoms with Gasteiger partial charge in [0.15, 0.2) is 6.10 Å². The van der Waals surface area contributed by atoms with Crippen LogP contribution in [0.25, 0.3) is 0 Å². The summed E-state index contributed by atoms with van der Waals surface area (Å²) in [6.45, 7) is 6.04. The van der Waals surface area contributed by atoms with Crippen LogP contribution >= 0.6 is 0 Å². The molecule has 0 fully saturated rings. The van der Waals surface area contributed by atoms with Gasteiger partial charge in [-0.3, -0.25) is 14.4 Å². The Morgan fingerprint density at radius 3 is 1.00 bits per heavy atom. The topological polar surface area (TPSA) is 78.9 Å². The highest BCUT2D eigenvalue weighted by Gasteiger charge is 2.19. The van der Waals surface area contributed by atoms with E-state index in [-0.39, 0.29) is 38.4 Å². The molecule has 0 aliphatic carbocycles. The van der Waals surface area contributed by atoms with Gasteiger partial charge in [0.1, 0.15) is 13.2 Å². The molecule has 1 atom stereocenters. The van der Waals surface area contributed by atoms with Gasteiger partial charge in [-0.25, -0.2) is 0 Å². The molecule has 0 radical (unpaired) electrons. The molecule has 380 valence electrons. The molecule has 0 saturated heterocycles. The van der Waals surface area contributed by atoms with Gasteiger partial charge in [-0.1, -0.05) is 252 Å². The van der Waals surface area contributed by atoms with E-state index >= 15 is 0 Å². The van der Waals surface area contributed by atoms with Crippen LogP contribution in [0.2, 0.25) is 0 Å². The van der Waals surface area contributed by atoms with Crippen LogP contribution in [-0.4, -0.2) is 37.2 Å². The molecule has 0 amide bonds. The van der Waals surface area contributed by atoms with Crippen molar-refractivity contribution >= 4 is 17.9 Å². The largest absolute Gasteiger partial charge is 0.462 e. The predicted octanol–water partition coefficient (Wildman–Crippen LogP) is 17.5. The normalized spacial score (nSPS) is 13.9. The van der Waals surface area contributed by atoms with E-state index in [9.17, 15) is 14.4 Å². The Labute approximate surface area is 425 Å². The molecule has 0 rings (SSSR count). The molecule has 0 heterocycles. The summed E-state index contributed by atoms with van der Waals surface area (Å²) in [5, 5.41) is 0. The summed E-state index contributed by atoms with van der Waals surface area (Å²) >= 11 is 0. The lowest BCUT2D eigenvalue weighted by molar-refractivity contribution is -0.166. The number of carbonyl (C=O) groups is 3.